The molecule has 19 heavy (non-hydrogen) atoms. The maximum atomic E-state index is 13.9. The van der Waals surface area contributed by atoms with Gasteiger partial charge in [-0.15, -0.1) is 0 Å². The normalized spacial score (nSPS) is 17.2. The van der Waals surface area contributed by atoms with E-state index in [1.807, 2.05) is 6.92 Å². The molecule has 2 aromatic rings. The van der Waals surface area contributed by atoms with Crippen molar-refractivity contribution in [2.75, 3.05) is 0 Å². The van der Waals surface area contributed by atoms with Crippen molar-refractivity contribution in [3.8, 4) is 16.9 Å². The highest BCUT2D eigenvalue weighted by atomic mass is 35.5. The minimum absolute atomic E-state index is 0.0174. The molecule has 1 heterocycles. The van der Waals surface area contributed by atoms with Gasteiger partial charge in [-0.1, -0.05) is 11.6 Å². The Morgan fingerprint density at radius 1 is 1.16 bits per heavy atom. The maximum absolute atomic E-state index is 13.9. The van der Waals surface area contributed by atoms with Gasteiger partial charge in [-0.05, 0) is 42.8 Å². The van der Waals surface area contributed by atoms with Gasteiger partial charge in [0.15, 0.2) is 0 Å². The van der Waals surface area contributed by atoms with Gasteiger partial charge in [0.2, 0.25) is 0 Å². The summed E-state index contributed by atoms with van der Waals surface area (Å²) in [6, 6.07) is 6.77. The monoisotopic (exact) mass is 280 g/mol. The third-order valence-electron chi connectivity index (χ3n) is 3.18. The second-order valence-corrected chi connectivity index (χ2v) is 5.13. The smallest absolute Gasteiger partial charge is 0.131 e. The molecule has 0 amide bonds. The Balaban J connectivity index is 2.23. The van der Waals surface area contributed by atoms with Crippen LogP contribution in [0.5, 0.6) is 5.75 Å². The molecule has 0 N–H and O–H groups in total. The van der Waals surface area contributed by atoms with E-state index >= 15 is 0 Å². The summed E-state index contributed by atoms with van der Waals surface area (Å²) in [6.07, 6.45) is 0.739. The van der Waals surface area contributed by atoms with Crippen molar-refractivity contribution in [1.29, 1.82) is 0 Å². The maximum Gasteiger partial charge on any atom is 0.131 e. The first-order chi connectivity index (χ1) is 9.04. The van der Waals surface area contributed by atoms with Crippen LogP contribution < -0.4 is 4.74 Å². The van der Waals surface area contributed by atoms with Crippen LogP contribution in [0.25, 0.3) is 11.1 Å². The highest BCUT2D eigenvalue weighted by molar-refractivity contribution is 6.31. The number of hydrogen-bond acceptors (Lipinski definition) is 1. The molecule has 3 rings (SSSR count). The molecule has 1 unspecified atom stereocenters. The third kappa shape index (κ3) is 2.19. The van der Waals surface area contributed by atoms with Gasteiger partial charge in [-0.25, -0.2) is 8.78 Å². The first kappa shape index (κ1) is 12.4. The summed E-state index contributed by atoms with van der Waals surface area (Å²) in [7, 11) is 0. The van der Waals surface area contributed by atoms with E-state index in [4.69, 9.17) is 16.3 Å². The standard InChI is InChI=1S/C15H11ClF2O/c1-8-4-9-5-10(16)6-13(15(9)19-8)12-7-11(17)2-3-14(12)18/h2-3,5-8H,4H2,1H3. The lowest BCUT2D eigenvalue weighted by molar-refractivity contribution is 0.255. The fourth-order valence-electron chi connectivity index (χ4n) is 2.40. The summed E-state index contributed by atoms with van der Waals surface area (Å²) in [6.45, 7) is 1.93. The van der Waals surface area contributed by atoms with Crippen LogP contribution in [0.2, 0.25) is 5.02 Å². The molecule has 2 aromatic carbocycles. The molecule has 0 spiro atoms. The molecule has 1 atom stereocenters. The topological polar surface area (TPSA) is 9.23 Å². The molecule has 1 aliphatic heterocycles. The van der Waals surface area contributed by atoms with Crippen LogP contribution in [-0.4, -0.2) is 6.10 Å². The van der Waals surface area contributed by atoms with E-state index in [2.05, 4.69) is 0 Å². The molecule has 98 valence electrons. The lowest BCUT2D eigenvalue weighted by Crippen LogP contribution is -2.05. The third-order valence-corrected chi connectivity index (χ3v) is 3.39. The highest BCUT2D eigenvalue weighted by Crippen LogP contribution is 2.41. The number of hydrogen-bond donors (Lipinski definition) is 0. The number of halogens is 3. The van der Waals surface area contributed by atoms with Gasteiger partial charge in [0, 0.05) is 22.6 Å². The average molecular weight is 281 g/mol. The summed E-state index contributed by atoms with van der Waals surface area (Å²) in [5, 5.41) is 0.495. The van der Waals surface area contributed by atoms with Crippen LogP contribution in [0, 0.1) is 11.6 Å². The molecule has 0 fully saturated rings. The van der Waals surface area contributed by atoms with Crippen molar-refractivity contribution in [2.45, 2.75) is 19.4 Å². The zero-order valence-corrected chi connectivity index (χ0v) is 11.0. The molecule has 1 aliphatic rings. The van der Waals surface area contributed by atoms with Crippen LogP contribution in [0.3, 0.4) is 0 Å². The first-order valence-corrected chi connectivity index (χ1v) is 6.37. The predicted octanol–water partition coefficient (Wildman–Crippen LogP) is 4.61. The van der Waals surface area contributed by atoms with Crippen molar-refractivity contribution < 1.29 is 13.5 Å². The van der Waals surface area contributed by atoms with Crippen LogP contribution in [0.1, 0.15) is 12.5 Å². The van der Waals surface area contributed by atoms with E-state index in [-0.39, 0.29) is 11.7 Å². The van der Waals surface area contributed by atoms with Crippen LogP contribution >= 0.6 is 11.6 Å². The Kier molecular flexibility index (Phi) is 2.94. The highest BCUT2D eigenvalue weighted by Gasteiger charge is 2.25. The lowest BCUT2D eigenvalue weighted by Gasteiger charge is -2.11. The van der Waals surface area contributed by atoms with E-state index in [0.29, 0.717) is 16.3 Å². The van der Waals surface area contributed by atoms with Gasteiger partial charge in [0.1, 0.15) is 23.5 Å². The molecule has 0 saturated heterocycles. The first-order valence-electron chi connectivity index (χ1n) is 5.99. The summed E-state index contributed by atoms with van der Waals surface area (Å²) in [4.78, 5) is 0. The van der Waals surface area contributed by atoms with Gasteiger partial charge >= 0.3 is 0 Å². The van der Waals surface area contributed by atoms with Crippen molar-refractivity contribution in [2.24, 2.45) is 0 Å². The Labute approximate surface area is 114 Å². The molecular formula is C15H11ClF2O. The fourth-order valence-corrected chi connectivity index (χ4v) is 2.64. The quantitative estimate of drug-likeness (QED) is 0.741. The van der Waals surface area contributed by atoms with Gasteiger partial charge in [-0.3, -0.25) is 0 Å². The summed E-state index contributed by atoms with van der Waals surface area (Å²) in [5.41, 5.74) is 1.61. The zero-order chi connectivity index (χ0) is 13.6. The molecule has 4 heteroatoms. The molecule has 0 radical (unpaired) electrons. The summed E-state index contributed by atoms with van der Waals surface area (Å²) in [5.74, 6) is -0.383. The Morgan fingerprint density at radius 3 is 2.74 bits per heavy atom. The Morgan fingerprint density at radius 2 is 1.95 bits per heavy atom. The molecular weight excluding hydrogens is 270 g/mol. The number of fused-ring (bicyclic) bond motifs is 1. The van der Waals surface area contributed by atoms with Crippen molar-refractivity contribution in [1.82, 2.24) is 0 Å². The molecule has 1 nitrogen and oxygen atoms in total. The molecule has 0 aliphatic carbocycles. The molecule has 0 saturated carbocycles. The van der Waals surface area contributed by atoms with Crippen molar-refractivity contribution in [3.63, 3.8) is 0 Å². The zero-order valence-electron chi connectivity index (χ0n) is 10.2. The van der Waals surface area contributed by atoms with E-state index in [1.165, 1.54) is 0 Å². The minimum Gasteiger partial charge on any atom is -0.489 e. The van der Waals surface area contributed by atoms with Gasteiger partial charge in [0.05, 0.1) is 0 Å². The van der Waals surface area contributed by atoms with E-state index < -0.39 is 11.6 Å². The van der Waals surface area contributed by atoms with Gasteiger partial charge in [0.25, 0.3) is 0 Å². The predicted molar refractivity (Wildman–Crippen MR) is 70.6 cm³/mol. The largest absolute Gasteiger partial charge is 0.489 e. The SMILES string of the molecule is CC1Cc2cc(Cl)cc(-c3cc(F)ccc3F)c2O1. The number of ether oxygens (including phenoxy) is 1. The van der Waals surface area contributed by atoms with Crippen LogP contribution in [0.15, 0.2) is 30.3 Å². The second kappa shape index (κ2) is 4.49. The Hall–Kier alpha value is -1.61. The van der Waals surface area contributed by atoms with Crippen molar-refractivity contribution >= 4 is 11.6 Å². The average Bonchev–Trinajstić information content (AvgIpc) is 2.71. The van der Waals surface area contributed by atoms with E-state index in [1.54, 1.807) is 12.1 Å². The van der Waals surface area contributed by atoms with Crippen molar-refractivity contribution in [3.05, 3.63) is 52.6 Å². The van der Waals surface area contributed by atoms with Crippen LogP contribution in [-0.2, 0) is 6.42 Å². The number of rotatable bonds is 1. The second-order valence-electron chi connectivity index (χ2n) is 4.70. The van der Waals surface area contributed by atoms with Gasteiger partial charge < -0.3 is 4.74 Å². The fraction of sp³-hybridized carbons (Fsp3) is 0.200. The summed E-state index contributed by atoms with van der Waals surface area (Å²) < 4.78 is 32.9. The molecule has 0 bridgehead atoms. The van der Waals surface area contributed by atoms with E-state index in [9.17, 15) is 8.78 Å². The lowest BCUT2D eigenvalue weighted by atomic mass is 10.00. The Bertz CT molecular complexity index is 655. The minimum atomic E-state index is -0.492. The van der Waals surface area contributed by atoms with Gasteiger partial charge in [-0.2, -0.15) is 0 Å². The van der Waals surface area contributed by atoms with Crippen LogP contribution in [0.4, 0.5) is 8.78 Å². The van der Waals surface area contributed by atoms with E-state index in [0.717, 1.165) is 30.2 Å². The molecule has 0 aromatic heterocycles. The number of benzene rings is 2. The summed E-state index contributed by atoms with van der Waals surface area (Å²) >= 11 is 6.05.